The first kappa shape index (κ1) is 14.9. The van der Waals surface area contributed by atoms with Gasteiger partial charge in [0.1, 0.15) is 17.8 Å². The molecular weight excluding hydrogens is 332 g/mol. The number of H-pyrrole nitrogens is 1. The molecule has 1 N–H and O–H groups in total. The molecule has 0 bridgehead atoms. The number of rotatable bonds is 5. The molecule has 1 fully saturated rings. The van der Waals surface area contributed by atoms with Gasteiger partial charge in [-0.25, -0.2) is 14.8 Å². The average molecular weight is 345 g/mol. The smallest absolute Gasteiger partial charge is 0.439 e. The normalized spacial score (nSPS) is 13.9. The van der Waals surface area contributed by atoms with Crippen LogP contribution in [0.3, 0.4) is 0 Å². The maximum Gasteiger partial charge on any atom is 0.439 e. The van der Waals surface area contributed by atoms with E-state index in [0.717, 1.165) is 5.56 Å². The fourth-order valence-corrected chi connectivity index (χ4v) is 2.49. The molecular formula is C16H13ClN4O3. The molecule has 122 valence electrons. The van der Waals surface area contributed by atoms with Crippen LogP contribution in [0, 0.1) is 5.92 Å². The molecule has 0 aliphatic heterocycles. The lowest BCUT2D eigenvalue weighted by molar-refractivity contribution is 0.300. The highest BCUT2D eigenvalue weighted by atomic mass is 35.5. The van der Waals surface area contributed by atoms with Gasteiger partial charge < -0.3 is 4.74 Å². The molecule has 1 saturated carbocycles. The van der Waals surface area contributed by atoms with Crippen LogP contribution in [-0.2, 0) is 0 Å². The van der Waals surface area contributed by atoms with Crippen molar-refractivity contribution in [1.82, 2.24) is 20.1 Å². The number of halogens is 1. The van der Waals surface area contributed by atoms with Gasteiger partial charge in [-0.2, -0.15) is 0 Å². The fraction of sp³-hybridized carbons (Fsp3) is 0.250. The van der Waals surface area contributed by atoms with Gasteiger partial charge in [-0.15, -0.1) is 0 Å². The number of benzene rings is 1. The van der Waals surface area contributed by atoms with Crippen molar-refractivity contribution in [1.29, 1.82) is 0 Å². The summed E-state index contributed by atoms with van der Waals surface area (Å²) in [6, 6.07) is 7.21. The summed E-state index contributed by atoms with van der Waals surface area (Å²) in [7, 11) is 0. The summed E-state index contributed by atoms with van der Waals surface area (Å²) in [6.07, 6.45) is 3.84. The van der Waals surface area contributed by atoms with Crippen LogP contribution in [0.1, 0.15) is 12.8 Å². The van der Waals surface area contributed by atoms with Gasteiger partial charge in [0.05, 0.1) is 17.3 Å². The first-order chi connectivity index (χ1) is 11.7. The SMILES string of the molecule is O=c1[nH]c(-c2cc(-c3ccc(OCC4CC4)c(Cl)c3)ncn2)no1. The van der Waals surface area contributed by atoms with Crippen molar-refractivity contribution in [3.63, 3.8) is 0 Å². The summed E-state index contributed by atoms with van der Waals surface area (Å²) >= 11 is 6.30. The lowest BCUT2D eigenvalue weighted by atomic mass is 10.1. The van der Waals surface area contributed by atoms with Crippen molar-refractivity contribution in [3.05, 3.63) is 46.2 Å². The summed E-state index contributed by atoms with van der Waals surface area (Å²) in [5.41, 5.74) is 1.92. The fourth-order valence-electron chi connectivity index (χ4n) is 2.25. The quantitative estimate of drug-likeness (QED) is 0.764. The molecule has 0 amide bonds. The number of aromatic nitrogens is 4. The number of nitrogens with one attached hydrogen (secondary N) is 1. The van der Waals surface area contributed by atoms with Gasteiger partial charge in [-0.1, -0.05) is 16.8 Å². The molecule has 4 rings (SSSR count). The zero-order valence-electron chi connectivity index (χ0n) is 12.5. The van der Waals surface area contributed by atoms with Gasteiger partial charge in [0, 0.05) is 5.56 Å². The number of nitrogens with zero attached hydrogens (tertiary/aromatic N) is 3. The van der Waals surface area contributed by atoms with Gasteiger partial charge in [0.2, 0.25) is 5.82 Å². The van der Waals surface area contributed by atoms with E-state index in [2.05, 4.69) is 24.6 Å². The summed E-state index contributed by atoms with van der Waals surface area (Å²) in [6.45, 7) is 0.705. The second-order valence-electron chi connectivity index (χ2n) is 5.63. The molecule has 0 radical (unpaired) electrons. The second kappa shape index (κ2) is 6.09. The highest BCUT2D eigenvalue weighted by molar-refractivity contribution is 6.32. The van der Waals surface area contributed by atoms with Crippen LogP contribution >= 0.6 is 11.6 Å². The lowest BCUT2D eigenvalue weighted by Crippen LogP contribution is -1.99. The minimum atomic E-state index is -0.634. The Balaban J connectivity index is 1.61. The van der Waals surface area contributed by atoms with Gasteiger partial charge in [0.25, 0.3) is 0 Å². The Morgan fingerprint density at radius 1 is 1.25 bits per heavy atom. The van der Waals surface area contributed by atoms with Crippen LogP contribution in [0.25, 0.3) is 22.8 Å². The summed E-state index contributed by atoms with van der Waals surface area (Å²) < 4.78 is 10.2. The number of hydrogen-bond donors (Lipinski definition) is 1. The van der Waals surface area contributed by atoms with Crippen molar-refractivity contribution in [2.24, 2.45) is 5.92 Å². The van der Waals surface area contributed by atoms with Crippen molar-refractivity contribution in [2.45, 2.75) is 12.8 Å². The predicted octanol–water partition coefficient (Wildman–Crippen LogP) is 2.93. The molecule has 1 aliphatic carbocycles. The lowest BCUT2D eigenvalue weighted by Gasteiger charge is -2.09. The number of hydrogen-bond acceptors (Lipinski definition) is 6. The molecule has 0 unspecified atom stereocenters. The third-order valence-electron chi connectivity index (χ3n) is 3.75. The Morgan fingerprint density at radius 2 is 2.08 bits per heavy atom. The number of aromatic amines is 1. The van der Waals surface area contributed by atoms with Crippen LogP contribution in [0.15, 0.2) is 39.9 Å². The molecule has 1 aliphatic rings. The topological polar surface area (TPSA) is 93.9 Å². The highest BCUT2D eigenvalue weighted by Gasteiger charge is 2.22. The first-order valence-electron chi connectivity index (χ1n) is 7.50. The van der Waals surface area contributed by atoms with Crippen LogP contribution < -0.4 is 10.5 Å². The second-order valence-corrected chi connectivity index (χ2v) is 6.04. The molecule has 24 heavy (non-hydrogen) atoms. The van der Waals surface area contributed by atoms with E-state index in [4.69, 9.17) is 16.3 Å². The van der Waals surface area contributed by atoms with Crippen LogP contribution in [0.4, 0.5) is 0 Å². The Hall–Kier alpha value is -2.67. The summed E-state index contributed by atoms with van der Waals surface area (Å²) in [5.74, 6) is 0.946. The van der Waals surface area contributed by atoms with Gasteiger partial charge in [-0.3, -0.25) is 9.51 Å². The van der Waals surface area contributed by atoms with Crippen molar-refractivity contribution in [3.8, 4) is 28.5 Å². The molecule has 7 nitrogen and oxygen atoms in total. The standard InChI is InChI=1S/C16H13ClN4O3/c17-11-5-10(3-4-14(11)23-7-9-1-2-9)12-6-13(19-8-18-12)15-20-16(22)24-21-15/h3-6,8-9H,1-2,7H2,(H,20,21,22). The zero-order chi connectivity index (χ0) is 16.5. The zero-order valence-corrected chi connectivity index (χ0v) is 13.3. The van der Waals surface area contributed by atoms with E-state index in [1.807, 2.05) is 12.1 Å². The third kappa shape index (κ3) is 3.16. The van der Waals surface area contributed by atoms with E-state index in [1.165, 1.54) is 19.2 Å². The Labute approximate surface area is 141 Å². The maximum atomic E-state index is 11.1. The van der Waals surface area contributed by atoms with Gasteiger partial charge in [0.15, 0.2) is 0 Å². The minimum Gasteiger partial charge on any atom is -0.492 e. The molecule has 8 heteroatoms. The summed E-state index contributed by atoms with van der Waals surface area (Å²) in [4.78, 5) is 21.8. The van der Waals surface area contributed by atoms with Crippen LogP contribution in [0.2, 0.25) is 5.02 Å². The van der Waals surface area contributed by atoms with Crippen molar-refractivity contribution >= 4 is 11.6 Å². The van der Waals surface area contributed by atoms with E-state index in [-0.39, 0.29) is 5.82 Å². The van der Waals surface area contributed by atoms with Crippen molar-refractivity contribution < 1.29 is 9.26 Å². The Kier molecular flexibility index (Phi) is 3.78. The largest absolute Gasteiger partial charge is 0.492 e. The predicted molar refractivity (Wildman–Crippen MR) is 86.8 cm³/mol. The van der Waals surface area contributed by atoms with Crippen molar-refractivity contribution in [2.75, 3.05) is 6.61 Å². The van der Waals surface area contributed by atoms with E-state index in [0.29, 0.717) is 34.7 Å². The van der Waals surface area contributed by atoms with E-state index in [1.54, 1.807) is 12.1 Å². The van der Waals surface area contributed by atoms with Crippen LogP contribution in [-0.4, -0.2) is 26.7 Å². The average Bonchev–Trinajstić information content (AvgIpc) is 3.33. The molecule has 0 spiro atoms. The Morgan fingerprint density at radius 3 is 2.79 bits per heavy atom. The molecule has 0 saturated heterocycles. The van der Waals surface area contributed by atoms with Gasteiger partial charge >= 0.3 is 5.76 Å². The minimum absolute atomic E-state index is 0.249. The van der Waals surface area contributed by atoms with E-state index < -0.39 is 5.76 Å². The Bertz CT molecular complexity index is 933. The molecule has 3 aromatic rings. The monoisotopic (exact) mass is 344 g/mol. The number of ether oxygens (including phenoxy) is 1. The highest BCUT2D eigenvalue weighted by Crippen LogP contribution is 2.33. The van der Waals surface area contributed by atoms with E-state index >= 15 is 0 Å². The molecule has 0 atom stereocenters. The molecule has 1 aromatic carbocycles. The summed E-state index contributed by atoms with van der Waals surface area (Å²) in [5, 5.41) is 4.15. The van der Waals surface area contributed by atoms with Crippen LogP contribution in [0.5, 0.6) is 5.75 Å². The van der Waals surface area contributed by atoms with E-state index in [9.17, 15) is 4.79 Å². The third-order valence-corrected chi connectivity index (χ3v) is 4.04. The van der Waals surface area contributed by atoms with Gasteiger partial charge in [-0.05, 0) is 43.0 Å². The maximum absolute atomic E-state index is 11.1. The first-order valence-corrected chi connectivity index (χ1v) is 7.88. The molecule has 2 aromatic heterocycles. The molecule has 2 heterocycles.